The third-order valence-corrected chi connectivity index (χ3v) is 3.92. The number of ether oxygens (including phenoxy) is 2. The van der Waals surface area contributed by atoms with Gasteiger partial charge in [-0.1, -0.05) is 0 Å². The number of rotatable bonds is 5. The molecule has 1 N–H and O–H groups in total. The number of carbonyl (C=O) groups excluding carboxylic acids is 1. The molecule has 2 aromatic rings. The van der Waals surface area contributed by atoms with E-state index in [2.05, 4.69) is 20.3 Å². The molecule has 26 heavy (non-hydrogen) atoms. The minimum Gasteiger partial charge on any atom is -0.474 e. The van der Waals surface area contributed by atoms with E-state index in [9.17, 15) is 4.79 Å². The van der Waals surface area contributed by atoms with Crippen molar-refractivity contribution in [2.75, 3.05) is 18.4 Å². The Hall–Kier alpha value is -2.90. The number of piperidine rings is 1. The van der Waals surface area contributed by atoms with Gasteiger partial charge in [-0.25, -0.2) is 14.8 Å². The maximum absolute atomic E-state index is 11.9. The number of nitrogens with one attached hydrogen (secondary N) is 1. The largest absolute Gasteiger partial charge is 0.474 e. The van der Waals surface area contributed by atoms with Gasteiger partial charge in [0, 0.05) is 50.1 Å². The first kappa shape index (κ1) is 17.9. The van der Waals surface area contributed by atoms with Gasteiger partial charge in [0.15, 0.2) is 0 Å². The van der Waals surface area contributed by atoms with Crippen LogP contribution in [-0.2, 0) is 4.74 Å². The monoisotopic (exact) mass is 357 g/mol. The van der Waals surface area contributed by atoms with Crippen LogP contribution in [0.4, 0.5) is 16.3 Å². The second-order valence-electron chi connectivity index (χ2n) is 6.34. The van der Waals surface area contributed by atoms with Gasteiger partial charge >= 0.3 is 6.09 Å². The molecule has 0 aliphatic carbocycles. The van der Waals surface area contributed by atoms with E-state index in [1.807, 2.05) is 26.0 Å². The smallest absolute Gasteiger partial charge is 0.410 e. The summed E-state index contributed by atoms with van der Waals surface area (Å²) in [7, 11) is 0. The van der Waals surface area contributed by atoms with Crippen molar-refractivity contribution in [3.8, 4) is 5.88 Å². The van der Waals surface area contributed by atoms with Crippen LogP contribution in [0.2, 0.25) is 0 Å². The summed E-state index contributed by atoms with van der Waals surface area (Å²) >= 11 is 0. The topological polar surface area (TPSA) is 89.5 Å². The molecule has 0 aromatic carbocycles. The van der Waals surface area contributed by atoms with Crippen molar-refractivity contribution in [2.24, 2.45) is 0 Å². The van der Waals surface area contributed by atoms with E-state index >= 15 is 0 Å². The van der Waals surface area contributed by atoms with E-state index in [-0.39, 0.29) is 18.3 Å². The summed E-state index contributed by atoms with van der Waals surface area (Å²) in [6.07, 6.45) is 6.01. The molecule has 1 aliphatic rings. The summed E-state index contributed by atoms with van der Waals surface area (Å²) in [5.41, 5.74) is 0.890. The van der Waals surface area contributed by atoms with Gasteiger partial charge in [-0.15, -0.1) is 0 Å². The number of likely N-dealkylation sites (tertiary alicyclic amines) is 1. The molecule has 8 nitrogen and oxygen atoms in total. The molecule has 1 aliphatic heterocycles. The summed E-state index contributed by atoms with van der Waals surface area (Å²) in [6, 6.07) is 5.48. The van der Waals surface area contributed by atoms with Crippen molar-refractivity contribution in [1.82, 2.24) is 19.9 Å². The molecular weight excluding hydrogens is 334 g/mol. The molecule has 1 saturated heterocycles. The van der Waals surface area contributed by atoms with Gasteiger partial charge in [0.1, 0.15) is 18.2 Å². The lowest BCUT2D eigenvalue weighted by molar-refractivity contribution is 0.0507. The molecule has 8 heteroatoms. The zero-order chi connectivity index (χ0) is 18.4. The Morgan fingerprint density at radius 2 is 1.96 bits per heavy atom. The minimum absolute atomic E-state index is 0.0155. The first-order chi connectivity index (χ1) is 12.6. The summed E-state index contributed by atoms with van der Waals surface area (Å²) in [5, 5.41) is 3.18. The molecule has 0 atom stereocenters. The minimum atomic E-state index is -0.260. The van der Waals surface area contributed by atoms with E-state index in [1.165, 1.54) is 6.33 Å². The van der Waals surface area contributed by atoms with Crippen molar-refractivity contribution in [1.29, 1.82) is 0 Å². The first-order valence-electron chi connectivity index (χ1n) is 8.71. The fourth-order valence-electron chi connectivity index (χ4n) is 2.66. The van der Waals surface area contributed by atoms with Gasteiger partial charge in [0.25, 0.3) is 0 Å². The number of hydrogen-bond acceptors (Lipinski definition) is 7. The van der Waals surface area contributed by atoms with Crippen molar-refractivity contribution in [3.05, 3.63) is 36.9 Å². The van der Waals surface area contributed by atoms with Gasteiger partial charge in [-0.3, -0.25) is 4.98 Å². The number of anilines is 2. The average molecular weight is 357 g/mol. The van der Waals surface area contributed by atoms with Gasteiger partial charge in [0.05, 0.1) is 6.10 Å². The van der Waals surface area contributed by atoms with Crippen LogP contribution in [0.5, 0.6) is 5.88 Å². The van der Waals surface area contributed by atoms with Crippen LogP contribution in [0.15, 0.2) is 36.9 Å². The summed E-state index contributed by atoms with van der Waals surface area (Å²) in [6.45, 7) is 4.92. The summed E-state index contributed by atoms with van der Waals surface area (Å²) in [5.74, 6) is 1.17. The predicted molar refractivity (Wildman–Crippen MR) is 96.4 cm³/mol. The van der Waals surface area contributed by atoms with Gasteiger partial charge in [0.2, 0.25) is 5.88 Å². The lowest BCUT2D eigenvalue weighted by Gasteiger charge is -2.31. The normalized spacial score (nSPS) is 15.0. The lowest BCUT2D eigenvalue weighted by Crippen LogP contribution is -2.42. The van der Waals surface area contributed by atoms with Crippen molar-refractivity contribution < 1.29 is 14.3 Å². The second-order valence-corrected chi connectivity index (χ2v) is 6.34. The Labute approximate surface area is 152 Å². The molecule has 3 heterocycles. The second kappa shape index (κ2) is 8.46. The quantitative estimate of drug-likeness (QED) is 0.880. The van der Waals surface area contributed by atoms with Crippen LogP contribution in [-0.4, -0.2) is 51.2 Å². The van der Waals surface area contributed by atoms with Crippen LogP contribution in [0, 0.1) is 0 Å². The Kier molecular flexibility index (Phi) is 5.83. The number of amides is 1. The van der Waals surface area contributed by atoms with E-state index in [0.29, 0.717) is 24.8 Å². The molecule has 1 fully saturated rings. The Balaban J connectivity index is 1.52. The maximum Gasteiger partial charge on any atom is 0.410 e. The Morgan fingerprint density at radius 1 is 1.23 bits per heavy atom. The molecule has 0 saturated carbocycles. The van der Waals surface area contributed by atoms with Gasteiger partial charge in [-0.05, 0) is 26.0 Å². The average Bonchev–Trinajstić information content (AvgIpc) is 2.63. The molecule has 1 amide bonds. The maximum atomic E-state index is 11.9. The van der Waals surface area contributed by atoms with E-state index in [0.717, 1.165) is 18.5 Å². The zero-order valence-electron chi connectivity index (χ0n) is 15.0. The standard InChI is InChI=1S/C18H23N5O3/c1-13(2)25-18(24)23-9-5-15(6-10-23)26-17-11-16(20-12-21-17)22-14-3-7-19-8-4-14/h3-4,7-8,11-13,15H,5-6,9-10H2,1-2H3,(H,19,20,21,22). The highest BCUT2D eigenvalue weighted by Crippen LogP contribution is 2.21. The number of aromatic nitrogens is 3. The Bertz CT molecular complexity index is 718. The van der Waals surface area contributed by atoms with Crippen molar-refractivity contribution in [2.45, 2.75) is 38.9 Å². The molecule has 0 unspecified atom stereocenters. The fourth-order valence-corrected chi connectivity index (χ4v) is 2.66. The molecular formula is C18H23N5O3. The van der Waals surface area contributed by atoms with E-state index in [4.69, 9.17) is 9.47 Å². The zero-order valence-corrected chi connectivity index (χ0v) is 15.0. The Morgan fingerprint density at radius 3 is 2.65 bits per heavy atom. The van der Waals surface area contributed by atoms with Crippen LogP contribution in [0.3, 0.4) is 0 Å². The van der Waals surface area contributed by atoms with E-state index in [1.54, 1.807) is 23.4 Å². The number of carbonyl (C=O) groups is 1. The van der Waals surface area contributed by atoms with Crippen molar-refractivity contribution >= 4 is 17.6 Å². The highest BCUT2D eigenvalue weighted by atomic mass is 16.6. The number of nitrogens with zero attached hydrogens (tertiary/aromatic N) is 4. The van der Waals surface area contributed by atoms with Crippen molar-refractivity contribution in [3.63, 3.8) is 0 Å². The van der Waals surface area contributed by atoms with Crippen LogP contribution in [0.1, 0.15) is 26.7 Å². The van der Waals surface area contributed by atoms with Gasteiger partial charge < -0.3 is 19.7 Å². The predicted octanol–water partition coefficient (Wildman–Crippen LogP) is 3.00. The summed E-state index contributed by atoms with van der Waals surface area (Å²) < 4.78 is 11.2. The third kappa shape index (κ3) is 5.05. The molecule has 138 valence electrons. The number of pyridine rings is 1. The SMILES string of the molecule is CC(C)OC(=O)N1CCC(Oc2cc(Nc3ccncc3)ncn2)CC1. The lowest BCUT2D eigenvalue weighted by atomic mass is 10.1. The molecule has 2 aromatic heterocycles. The van der Waals surface area contributed by atoms with E-state index < -0.39 is 0 Å². The number of hydrogen-bond donors (Lipinski definition) is 1. The molecule has 3 rings (SSSR count). The summed E-state index contributed by atoms with van der Waals surface area (Å²) in [4.78, 5) is 26.0. The first-order valence-corrected chi connectivity index (χ1v) is 8.71. The molecule has 0 radical (unpaired) electrons. The molecule has 0 bridgehead atoms. The van der Waals surface area contributed by atoms with Crippen LogP contribution in [0.25, 0.3) is 0 Å². The highest BCUT2D eigenvalue weighted by Gasteiger charge is 2.25. The third-order valence-electron chi connectivity index (χ3n) is 3.92. The fraction of sp³-hybridized carbons (Fsp3) is 0.444. The van der Waals surface area contributed by atoms with Crippen LogP contribution >= 0.6 is 0 Å². The molecule has 0 spiro atoms. The van der Waals surface area contributed by atoms with Gasteiger partial charge in [-0.2, -0.15) is 0 Å². The van der Waals surface area contributed by atoms with Crippen LogP contribution < -0.4 is 10.1 Å². The highest BCUT2D eigenvalue weighted by molar-refractivity contribution is 5.67.